The van der Waals surface area contributed by atoms with E-state index in [0.29, 0.717) is 30.9 Å². The molecular formula is C16H20N2O4. The Labute approximate surface area is 129 Å². The Hall–Kier alpha value is -2.37. The molecule has 1 aromatic carbocycles. The standard InChI is InChI=1S/C16H20N2O4/c1-2-21-14-8-3-4-9-15(14)22-11-16(20)18-17-12-6-5-7-13(19)10-12/h3-4,8-9H,2,5-7,10-11H2,1H3,(H,18,20). The third kappa shape index (κ3) is 4.87. The molecule has 0 bridgehead atoms. The molecule has 0 heterocycles. The van der Waals surface area contributed by atoms with E-state index in [2.05, 4.69) is 10.5 Å². The smallest absolute Gasteiger partial charge is 0.277 e. The first-order valence-electron chi connectivity index (χ1n) is 7.39. The van der Waals surface area contributed by atoms with E-state index in [9.17, 15) is 9.59 Å². The summed E-state index contributed by atoms with van der Waals surface area (Å²) >= 11 is 0. The molecule has 0 aromatic heterocycles. The number of hydrogen-bond acceptors (Lipinski definition) is 5. The minimum atomic E-state index is -0.364. The van der Waals surface area contributed by atoms with E-state index in [1.165, 1.54) is 0 Å². The first-order valence-corrected chi connectivity index (χ1v) is 7.39. The van der Waals surface area contributed by atoms with Crippen molar-refractivity contribution in [2.24, 2.45) is 5.10 Å². The molecule has 1 saturated carbocycles. The molecule has 6 nitrogen and oxygen atoms in total. The highest BCUT2D eigenvalue weighted by atomic mass is 16.5. The normalized spacial score (nSPS) is 16.4. The van der Waals surface area contributed by atoms with Crippen molar-refractivity contribution < 1.29 is 19.1 Å². The van der Waals surface area contributed by atoms with Crippen LogP contribution >= 0.6 is 0 Å². The first kappa shape index (κ1) is 16.0. The van der Waals surface area contributed by atoms with Gasteiger partial charge in [-0.3, -0.25) is 9.59 Å². The molecule has 6 heteroatoms. The fraction of sp³-hybridized carbons (Fsp3) is 0.438. The highest BCUT2D eigenvalue weighted by Gasteiger charge is 2.15. The summed E-state index contributed by atoms with van der Waals surface area (Å²) in [5.74, 6) is 0.917. The average Bonchev–Trinajstić information content (AvgIpc) is 2.52. The third-order valence-electron chi connectivity index (χ3n) is 3.17. The van der Waals surface area contributed by atoms with Crippen LogP contribution in [0.25, 0.3) is 0 Å². The van der Waals surface area contributed by atoms with Gasteiger partial charge in [0.15, 0.2) is 18.1 Å². The van der Waals surface area contributed by atoms with Gasteiger partial charge in [-0.1, -0.05) is 12.1 Å². The Bertz CT molecular complexity index is 569. The van der Waals surface area contributed by atoms with Crippen molar-refractivity contribution >= 4 is 17.4 Å². The van der Waals surface area contributed by atoms with E-state index in [0.717, 1.165) is 18.6 Å². The van der Waals surface area contributed by atoms with E-state index in [1.807, 2.05) is 19.1 Å². The van der Waals surface area contributed by atoms with Crippen LogP contribution in [0.1, 0.15) is 32.6 Å². The quantitative estimate of drug-likeness (QED) is 0.816. The maximum absolute atomic E-state index is 11.7. The summed E-state index contributed by atoms with van der Waals surface area (Å²) in [6, 6.07) is 7.17. The third-order valence-corrected chi connectivity index (χ3v) is 3.17. The maximum atomic E-state index is 11.7. The summed E-state index contributed by atoms with van der Waals surface area (Å²) < 4.78 is 10.9. The van der Waals surface area contributed by atoms with Crippen molar-refractivity contribution in [3.05, 3.63) is 24.3 Å². The van der Waals surface area contributed by atoms with Gasteiger partial charge in [-0.2, -0.15) is 5.10 Å². The van der Waals surface area contributed by atoms with Gasteiger partial charge in [-0.15, -0.1) is 0 Å². The second-order valence-corrected chi connectivity index (χ2v) is 4.95. The number of hydrogen-bond donors (Lipinski definition) is 1. The zero-order chi connectivity index (χ0) is 15.8. The Kier molecular flexibility index (Phi) is 5.94. The maximum Gasteiger partial charge on any atom is 0.277 e. The summed E-state index contributed by atoms with van der Waals surface area (Å²) in [5, 5.41) is 3.99. The van der Waals surface area contributed by atoms with Crippen LogP contribution in [0.5, 0.6) is 11.5 Å². The topological polar surface area (TPSA) is 77.0 Å². The van der Waals surface area contributed by atoms with Crippen LogP contribution in [0, 0.1) is 0 Å². The van der Waals surface area contributed by atoms with Crippen molar-refractivity contribution in [2.45, 2.75) is 32.6 Å². The lowest BCUT2D eigenvalue weighted by Crippen LogP contribution is -2.27. The summed E-state index contributed by atoms with van der Waals surface area (Å²) in [7, 11) is 0. The Morgan fingerprint density at radius 3 is 2.64 bits per heavy atom. The summed E-state index contributed by atoms with van der Waals surface area (Å²) in [6.07, 6.45) is 2.48. The summed E-state index contributed by atoms with van der Waals surface area (Å²) in [4.78, 5) is 23.0. The number of para-hydroxylation sites is 2. The molecule has 0 atom stereocenters. The molecule has 1 aliphatic carbocycles. The number of nitrogens with one attached hydrogen (secondary N) is 1. The molecule has 0 radical (unpaired) electrons. The van der Waals surface area contributed by atoms with Crippen molar-refractivity contribution in [1.82, 2.24) is 5.43 Å². The number of rotatable bonds is 6. The predicted molar refractivity (Wildman–Crippen MR) is 82.2 cm³/mol. The fourth-order valence-corrected chi connectivity index (χ4v) is 2.15. The number of benzene rings is 1. The molecule has 2 rings (SSSR count). The molecule has 0 unspecified atom stereocenters. The van der Waals surface area contributed by atoms with Crippen LogP contribution in [0.15, 0.2) is 29.4 Å². The minimum Gasteiger partial charge on any atom is -0.490 e. The molecule has 1 aliphatic rings. The van der Waals surface area contributed by atoms with Gasteiger partial charge >= 0.3 is 0 Å². The van der Waals surface area contributed by atoms with E-state index in [-0.39, 0.29) is 18.3 Å². The lowest BCUT2D eigenvalue weighted by molar-refractivity contribution is -0.123. The number of carbonyl (C=O) groups is 2. The van der Waals surface area contributed by atoms with Crippen LogP contribution in [-0.4, -0.2) is 30.6 Å². The van der Waals surface area contributed by atoms with Gasteiger partial charge in [0.2, 0.25) is 0 Å². The van der Waals surface area contributed by atoms with E-state index in [1.54, 1.807) is 12.1 Å². The SMILES string of the molecule is CCOc1ccccc1OCC(=O)NN=C1CCCC(=O)C1. The summed E-state index contributed by atoms with van der Waals surface area (Å²) in [6.45, 7) is 2.24. The molecule has 1 N–H and O–H groups in total. The fourth-order valence-electron chi connectivity index (χ4n) is 2.15. The van der Waals surface area contributed by atoms with Gasteiger partial charge in [0.1, 0.15) is 5.78 Å². The van der Waals surface area contributed by atoms with Crippen molar-refractivity contribution in [1.29, 1.82) is 0 Å². The number of nitrogens with zero attached hydrogens (tertiary/aromatic N) is 1. The van der Waals surface area contributed by atoms with Crippen LogP contribution in [0.2, 0.25) is 0 Å². The number of hydrazone groups is 1. The molecule has 1 fully saturated rings. The second-order valence-electron chi connectivity index (χ2n) is 4.95. The first-order chi connectivity index (χ1) is 10.7. The second kappa shape index (κ2) is 8.17. The van der Waals surface area contributed by atoms with Crippen LogP contribution in [0.3, 0.4) is 0 Å². The van der Waals surface area contributed by atoms with Gasteiger partial charge in [0, 0.05) is 18.6 Å². The lowest BCUT2D eigenvalue weighted by Gasteiger charge is -2.12. The lowest BCUT2D eigenvalue weighted by atomic mass is 9.97. The monoisotopic (exact) mass is 304 g/mol. The minimum absolute atomic E-state index is 0.158. The molecule has 0 aliphatic heterocycles. The van der Waals surface area contributed by atoms with Gasteiger partial charge < -0.3 is 9.47 Å². The Morgan fingerprint density at radius 2 is 1.95 bits per heavy atom. The molecule has 0 spiro atoms. The molecule has 22 heavy (non-hydrogen) atoms. The Balaban J connectivity index is 1.83. The Morgan fingerprint density at radius 1 is 1.23 bits per heavy atom. The van der Waals surface area contributed by atoms with Crippen molar-refractivity contribution in [3.63, 3.8) is 0 Å². The van der Waals surface area contributed by atoms with Crippen LogP contribution in [0.4, 0.5) is 0 Å². The van der Waals surface area contributed by atoms with Crippen LogP contribution < -0.4 is 14.9 Å². The van der Waals surface area contributed by atoms with E-state index < -0.39 is 0 Å². The zero-order valence-electron chi connectivity index (χ0n) is 12.6. The molecule has 0 saturated heterocycles. The number of amides is 1. The van der Waals surface area contributed by atoms with E-state index >= 15 is 0 Å². The molecule has 1 amide bonds. The number of ketones is 1. The van der Waals surface area contributed by atoms with Gasteiger partial charge in [0.05, 0.1) is 6.61 Å². The number of carbonyl (C=O) groups excluding carboxylic acids is 2. The van der Waals surface area contributed by atoms with E-state index in [4.69, 9.17) is 9.47 Å². The average molecular weight is 304 g/mol. The zero-order valence-corrected chi connectivity index (χ0v) is 12.6. The van der Waals surface area contributed by atoms with Gasteiger partial charge in [-0.25, -0.2) is 5.43 Å². The van der Waals surface area contributed by atoms with Gasteiger partial charge in [0.25, 0.3) is 5.91 Å². The molecule has 118 valence electrons. The van der Waals surface area contributed by atoms with Gasteiger partial charge in [-0.05, 0) is 31.9 Å². The largest absolute Gasteiger partial charge is 0.490 e. The highest BCUT2D eigenvalue weighted by molar-refractivity contribution is 6.04. The van der Waals surface area contributed by atoms with Crippen molar-refractivity contribution in [3.8, 4) is 11.5 Å². The molecule has 1 aromatic rings. The van der Waals surface area contributed by atoms with Crippen LogP contribution in [-0.2, 0) is 9.59 Å². The number of ether oxygens (including phenoxy) is 2. The molecular weight excluding hydrogens is 284 g/mol. The highest BCUT2D eigenvalue weighted by Crippen LogP contribution is 2.26. The number of Topliss-reactive ketones (excluding diaryl/α,β-unsaturated/α-hetero) is 1. The van der Waals surface area contributed by atoms with Crippen molar-refractivity contribution in [2.75, 3.05) is 13.2 Å². The summed E-state index contributed by atoms with van der Waals surface area (Å²) in [5.41, 5.74) is 3.15. The predicted octanol–water partition coefficient (Wildman–Crippen LogP) is 2.08.